The topological polar surface area (TPSA) is 64.1 Å². The van der Waals surface area contributed by atoms with Gasteiger partial charge in [-0.1, -0.05) is 17.7 Å². The molecule has 0 spiro atoms. The van der Waals surface area contributed by atoms with Gasteiger partial charge in [0.25, 0.3) is 0 Å². The van der Waals surface area contributed by atoms with Gasteiger partial charge >= 0.3 is 0 Å². The number of nitrogens with zero attached hydrogens (tertiary/aromatic N) is 1. The first kappa shape index (κ1) is 24.0. The molecule has 0 amide bonds. The van der Waals surface area contributed by atoms with E-state index in [1.165, 1.54) is 5.56 Å². The molecular weight excluding hydrogens is 457 g/mol. The number of halogens is 1. The number of benzene rings is 1. The minimum absolute atomic E-state index is 0. The molecular formula is C20H34IN3O3. The van der Waals surface area contributed by atoms with Crippen LogP contribution in [0, 0.1) is 12.8 Å². The highest BCUT2D eigenvalue weighted by Crippen LogP contribution is 2.13. The van der Waals surface area contributed by atoms with Gasteiger partial charge < -0.3 is 24.8 Å². The molecule has 2 rings (SSSR count). The lowest BCUT2D eigenvalue weighted by atomic mass is 10.1. The number of hydrogen-bond donors (Lipinski definition) is 2. The number of aryl methyl sites for hydroxylation is 1. The van der Waals surface area contributed by atoms with Crippen molar-refractivity contribution in [2.45, 2.75) is 32.8 Å². The molecule has 27 heavy (non-hydrogen) atoms. The molecule has 154 valence electrons. The molecule has 0 bridgehead atoms. The van der Waals surface area contributed by atoms with Gasteiger partial charge in [-0.05, 0) is 38.8 Å². The first-order valence-corrected chi connectivity index (χ1v) is 9.50. The third-order valence-corrected chi connectivity index (χ3v) is 4.27. The van der Waals surface area contributed by atoms with E-state index in [0.717, 1.165) is 57.5 Å². The number of guanidine groups is 1. The van der Waals surface area contributed by atoms with Gasteiger partial charge in [0, 0.05) is 32.7 Å². The molecule has 1 aliphatic rings. The molecule has 1 saturated heterocycles. The summed E-state index contributed by atoms with van der Waals surface area (Å²) in [6.07, 6.45) is 2.12. The van der Waals surface area contributed by atoms with E-state index in [4.69, 9.17) is 14.2 Å². The van der Waals surface area contributed by atoms with Crippen LogP contribution in [-0.2, 0) is 9.47 Å². The van der Waals surface area contributed by atoms with Crippen molar-refractivity contribution in [3.63, 3.8) is 0 Å². The molecule has 1 heterocycles. The Balaban J connectivity index is 0.00000364. The molecule has 1 aliphatic heterocycles. The molecule has 6 nitrogen and oxygen atoms in total. The standard InChI is InChI=1S/C20H33N3O3.HI/c1-16-5-7-19(8-6-16)26-17(2)13-23-20(21-3)22-10-4-11-24-14-18-9-12-25-15-18;/h5-8,17-18H,4,9-15H2,1-3H3,(H2,21,22,23);1H. The van der Waals surface area contributed by atoms with E-state index in [1.807, 2.05) is 19.1 Å². The number of ether oxygens (including phenoxy) is 3. The van der Waals surface area contributed by atoms with E-state index in [2.05, 4.69) is 34.7 Å². The van der Waals surface area contributed by atoms with E-state index in [9.17, 15) is 0 Å². The van der Waals surface area contributed by atoms with E-state index >= 15 is 0 Å². The average molecular weight is 491 g/mol. The van der Waals surface area contributed by atoms with Crippen molar-refractivity contribution in [2.24, 2.45) is 10.9 Å². The molecule has 1 aromatic carbocycles. The third-order valence-electron chi connectivity index (χ3n) is 4.27. The minimum Gasteiger partial charge on any atom is -0.489 e. The highest BCUT2D eigenvalue weighted by Gasteiger charge is 2.15. The number of hydrogen-bond acceptors (Lipinski definition) is 4. The van der Waals surface area contributed by atoms with Gasteiger partial charge in [-0.2, -0.15) is 0 Å². The Morgan fingerprint density at radius 3 is 2.74 bits per heavy atom. The summed E-state index contributed by atoms with van der Waals surface area (Å²) in [5.74, 6) is 2.25. The zero-order valence-electron chi connectivity index (χ0n) is 16.7. The Morgan fingerprint density at radius 1 is 1.30 bits per heavy atom. The predicted molar refractivity (Wildman–Crippen MR) is 120 cm³/mol. The van der Waals surface area contributed by atoms with Crippen molar-refractivity contribution in [1.82, 2.24) is 10.6 Å². The van der Waals surface area contributed by atoms with Crippen molar-refractivity contribution < 1.29 is 14.2 Å². The van der Waals surface area contributed by atoms with Crippen molar-refractivity contribution in [2.75, 3.05) is 46.6 Å². The van der Waals surface area contributed by atoms with E-state index in [-0.39, 0.29) is 30.1 Å². The van der Waals surface area contributed by atoms with Crippen LogP contribution in [0.15, 0.2) is 29.3 Å². The summed E-state index contributed by atoms with van der Waals surface area (Å²) in [7, 11) is 1.78. The van der Waals surface area contributed by atoms with Crippen LogP contribution in [0.1, 0.15) is 25.3 Å². The SMILES string of the molecule is CN=C(NCCCOCC1CCOC1)NCC(C)Oc1ccc(C)cc1.I. The lowest BCUT2D eigenvalue weighted by Gasteiger charge is -2.18. The maximum absolute atomic E-state index is 5.90. The quantitative estimate of drug-likeness (QED) is 0.228. The van der Waals surface area contributed by atoms with Crippen LogP contribution in [-0.4, -0.2) is 58.6 Å². The van der Waals surface area contributed by atoms with Crippen LogP contribution < -0.4 is 15.4 Å². The van der Waals surface area contributed by atoms with Gasteiger partial charge in [0.2, 0.25) is 0 Å². The Labute approximate surface area is 180 Å². The van der Waals surface area contributed by atoms with E-state index in [0.29, 0.717) is 12.5 Å². The molecule has 0 aliphatic carbocycles. The van der Waals surface area contributed by atoms with Crippen molar-refractivity contribution in [1.29, 1.82) is 0 Å². The van der Waals surface area contributed by atoms with E-state index in [1.54, 1.807) is 7.05 Å². The highest BCUT2D eigenvalue weighted by atomic mass is 127. The maximum Gasteiger partial charge on any atom is 0.191 e. The van der Waals surface area contributed by atoms with Gasteiger partial charge in [0.1, 0.15) is 11.9 Å². The van der Waals surface area contributed by atoms with Crippen molar-refractivity contribution in [3.8, 4) is 5.75 Å². The molecule has 2 N–H and O–H groups in total. The molecule has 2 unspecified atom stereocenters. The molecule has 7 heteroatoms. The molecule has 1 aromatic rings. The second-order valence-corrected chi connectivity index (χ2v) is 6.78. The van der Waals surface area contributed by atoms with Crippen molar-refractivity contribution in [3.05, 3.63) is 29.8 Å². The number of nitrogens with one attached hydrogen (secondary N) is 2. The van der Waals surface area contributed by atoms with Crippen LogP contribution in [0.5, 0.6) is 5.75 Å². The average Bonchev–Trinajstić information content (AvgIpc) is 3.16. The van der Waals surface area contributed by atoms with Gasteiger partial charge in [-0.3, -0.25) is 4.99 Å². The second kappa shape index (κ2) is 14.0. The van der Waals surface area contributed by atoms with Crippen LogP contribution >= 0.6 is 24.0 Å². The molecule has 1 fully saturated rings. The predicted octanol–water partition coefficient (Wildman–Crippen LogP) is 2.99. The van der Waals surface area contributed by atoms with Crippen LogP contribution in [0.2, 0.25) is 0 Å². The summed E-state index contributed by atoms with van der Waals surface area (Å²) in [5, 5.41) is 6.60. The minimum atomic E-state index is 0. The first-order valence-electron chi connectivity index (χ1n) is 9.50. The fourth-order valence-electron chi connectivity index (χ4n) is 2.70. The molecule has 0 aromatic heterocycles. The van der Waals surface area contributed by atoms with E-state index < -0.39 is 0 Å². The van der Waals surface area contributed by atoms with Crippen LogP contribution in [0.4, 0.5) is 0 Å². The number of rotatable bonds is 10. The fraction of sp³-hybridized carbons (Fsp3) is 0.650. The van der Waals surface area contributed by atoms with Crippen LogP contribution in [0.3, 0.4) is 0 Å². The Morgan fingerprint density at radius 2 is 2.07 bits per heavy atom. The third kappa shape index (κ3) is 10.2. The summed E-state index contributed by atoms with van der Waals surface area (Å²) in [6, 6.07) is 8.10. The zero-order valence-corrected chi connectivity index (χ0v) is 19.0. The molecule has 0 radical (unpaired) electrons. The first-order chi connectivity index (χ1) is 12.7. The van der Waals surface area contributed by atoms with Crippen molar-refractivity contribution >= 4 is 29.9 Å². The Bertz CT molecular complexity index is 534. The highest BCUT2D eigenvalue weighted by molar-refractivity contribution is 14.0. The summed E-state index contributed by atoms with van der Waals surface area (Å²) < 4.78 is 16.9. The largest absolute Gasteiger partial charge is 0.489 e. The summed E-state index contributed by atoms with van der Waals surface area (Å²) in [6.45, 7) is 8.91. The van der Waals surface area contributed by atoms with Gasteiger partial charge in [0.05, 0.1) is 19.8 Å². The van der Waals surface area contributed by atoms with Gasteiger partial charge in [-0.25, -0.2) is 0 Å². The van der Waals surface area contributed by atoms with Gasteiger partial charge in [-0.15, -0.1) is 24.0 Å². The summed E-state index contributed by atoms with van der Waals surface area (Å²) in [5.41, 5.74) is 1.23. The lowest BCUT2D eigenvalue weighted by Crippen LogP contribution is -2.42. The smallest absolute Gasteiger partial charge is 0.191 e. The second-order valence-electron chi connectivity index (χ2n) is 6.78. The normalized spacial score (nSPS) is 17.9. The molecule has 2 atom stereocenters. The summed E-state index contributed by atoms with van der Waals surface area (Å²) >= 11 is 0. The van der Waals surface area contributed by atoms with Crippen LogP contribution in [0.25, 0.3) is 0 Å². The summed E-state index contributed by atoms with van der Waals surface area (Å²) in [4.78, 5) is 4.24. The Hall–Kier alpha value is -1.06. The fourth-order valence-corrected chi connectivity index (χ4v) is 2.70. The maximum atomic E-state index is 5.90. The Kier molecular flexibility index (Phi) is 12.4. The monoisotopic (exact) mass is 491 g/mol. The number of aliphatic imine (C=N–C) groups is 1. The molecule has 0 saturated carbocycles. The zero-order chi connectivity index (χ0) is 18.6. The van der Waals surface area contributed by atoms with Gasteiger partial charge in [0.15, 0.2) is 5.96 Å². The lowest BCUT2D eigenvalue weighted by molar-refractivity contribution is 0.0888.